The SMILES string of the molecule is C=C/C(=C\C=C(/C)CN(N)/C=N\N)CC(=O)N1CCCN(CCc2ccc(C#N)c(Cl)c2)CC1. The standard InChI is InChI=1S/C25H34ClN7O/c1-3-21(6-5-20(2)18-33(29)19-30-28)16-25(34)32-11-4-10-31(13-14-32)12-9-22-7-8-23(17-27)24(26)15-22/h3,5-8,15,19H,1,4,9-14,16,18,28-29H2,2H3/b20-5+,21-6+,30-19-. The zero-order chi connectivity index (χ0) is 24.9. The van der Waals surface area contributed by atoms with E-state index in [0.717, 1.165) is 55.7 Å². The molecule has 2 rings (SSSR count). The number of halogens is 1. The highest BCUT2D eigenvalue weighted by Crippen LogP contribution is 2.18. The van der Waals surface area contributed by atoms with Crippen molar-refractivity contribution in [1.82, 2.24) is 14.8 Å². The van der Waals surface area contributed by atoms with Crippen molar-refractivity contribution in [2.75, 3.05) is 39.3 Å². The van der Waals surface area contributed by atoms with Gasteiger partial charge in [-0.3, -0.25) is 9.80 Å². The van der Waals surface area contributed by atoms with Gasteiger partial charge in [0.05, 0.1) is 23.6 Å². The number of benzene rings is 1. The Morgan fingerprint density at radius 2 is 2.12 bits per heavy atom. The molecule has 1 aliphatic heterocycles. The van der Waals surface area contributed by atoms with Gasteiger partial charge in [-0.15, -0.1) is 0 Å². The fourth-order valence-electron chi connectivity index (χ4n) is 3.74. The number of hydrogen-bond acceptors (Lipinski definition) is 6. The maximum atomic E-state index is 12.9. The number of hydrazine groups is 1. The van der Waals surface area contributed by atoms with Gasteiger partial charge < -0.3 is 15.6 Å². The molecule has 1 heterocycles. The summed E-state index contributed by atoms with van der Waals surface area (Å²) in [6.07, 6.45) is 8.99. The van der Waals surface area contributed by atoms with Gasteiger partial charge in [0.15, 0.2) is 0 Å². The van der Waals surface area contributed by atoms with Crippen LogP contribution in [-0.4, -0.2) is 66.3 Å². The van der Waals surface area contributed by atoms with Crippen LogP contribution in [0.4, 0.5) is 0 Å². The normalized spacial score (nSPS) is 15.8. The second-order valence-corrected chi connectivity index (χ2v) is 8.73. The van der Waals surface area contributed by atoms with Crippen LogP contribution in [0.3, 0.4) is 0 Å². The molecule has 0 atom stereocenters. The Labute approximate surface area is 207 Å². The van der Waals surface area contributed by atoms with Crippen LogP contribution < -0.4 is 11.7 Å². The van der Waals surface area contributed by atoms with Crippen LogP contribution in [0.2, 0.25) is 5.02 Å². The molecule has 9 heteroatoms. The summed E-state index contributed by atoms with van der Waals surface area (Å²) in [6, 6.07) is 7.67. The molecule has 1 aromatic carbocycles. The van der Waals surface area contributed by atoms with Crippen molar-refractivity contribution in [3.63, 3.8) is 0 Å². The number of nitrogens with zero attached hydrogens (tertiary/aromatic N) is 5. The van der Waals surface area contributed by atoms with Gasteiger partial charge in [0, 0.05) is 26.2 Å². The highest BCUT2D eigenvalue weighted by Gasteiger charge is 2.19. The fourth-order valence-corrected chi connectivity index (χ4v) is 3.98. The zero-order valence-electron chi connectivity index (χ0n) is 19.8. The van der Waals surface area contributed by atoms with Gasteiger partial charge in [0.2, 0.25) is 5.91 Å². The number of allylic oxidation sites excluding steroid dienone is 3. The van der Waals surface area contributed by atoms with Gasteiger partial charge in [-0.25, -0.2) is 5.84 Å². The average Bonchev–Trinajstić information content (AvgIpc) is 3.06. The number of rotatable bonds is 10. The average molecular weight is 484 g/mol. The molecule has 8 nitrogen and oxygen atoms in total. The van der Waals surface area contributed by atoms with Crippen LogP contribution in [0.1, 0.15) is 30.9 Å². The summed E-state index contributed by atoms with van der Waals surface area (Å²) >= 11 is 6.15. The lowest BCUT2D eigenvalue weighted by molar-refractivity contribution is -0.130. The highest BCUT2D eigenvalue weighted by atomic mass is 35.5. The molecule has 4 N–H and O–H groups in total. The van der Waals surface area contributed by atoms with Gasteiger partial charge in [-0.05, 0) is 49.6 Å². The molecule has 1 amide bonds. The van der Waals surface area contributed by atoms with Crippen molar-refractivity contribution in [2.45, 2.75) is 26.2 Å². The molecule has 1 aromatic rings. The van der Waals surface area contributed by atoms with Gasteiger partial charge in [-0.2, -0.15) is 10.4 Å². The van der Waals surface area contributed by atoms with Crippen molar-refractivity contribution in [3.8, 4) is 6.07 Å². The first kappa shape index (κ1) is 27.1. The molecule has 34 heavy (non-hydrogen) atoms. The molecular weight excluding hydrogens is 450 g/mol. The van der Waals surface area contributed by atoms with Crippen LogP contribution in [0.15, 0.2) is 59.3 Å². The Morgan fingerprint density at radius 3 is 2.79 bits per heavy atom. The number of hydrogen-bond donors (Lipinski definition) is 2. The summed E-state index contributed by atoms with van der Waals surface area (Å²) in [6.45, 7) is 10.4. The maximum Gasteiger partial charge on any atom is 0.227 e. The Kier molecular flexibility index (Phi) is 11.3. The number of hydrazone groups is 1. The number of nitrogens with two attached hydrogens (primary N) is 2. The van der Waals surface area contributed by atoms with Gasteiger partial charge in [-0.1, -0.05) is 48.0 Å². The third-order valence-corrected chi connectivity index (χ3v) is 5.97. The van der Waals surface area contributed by atoms with Crippen molar-refractivity contribution >= 4 is 23.8 Å². The number of amides is 1. The summed E-state index contributed by atoms with van der Waals surface area (Å²) in [5.41, 5.74) is 3.47. The van der Waals surface area contributed by atoms with E-state index >= 15 is 0 Å². The molecule has 1 fully saturated rings. The van der Waals surface area contributed by atoms with Gasteiger partial charge >= 0.3 is 0 Å². The summed E-state index contributed by atoms with van der Waals surface area (Å²) in [4.78, 5) is 17.2. The first-order chi connectivity index (χ1) is 16.4. The van der Waals surface area contributed by atoms with Crippen molar-refractivity contribution in [1.29, 1.82) is 5.26 Å². The molecular formula is C25H34ClN7O. The third-order valence-electron chi connectivity index (χ3n) is 5.66. The molecule has 0 spiro atoms. The molecule has 182 valence electrons. The lowest BCUT2D eigenvalue weighted by Gasteiger charge is -2.22. The largest absolute Gasteiger partial charge is 0.341 e. The van der Waals surface area contributed by atoms with E-state index in [4.69, 9.17) is 28.5 Å². The van der Waals surface area contributed by atoms with Crippen LogP contribution in [-0.2, 0) is 11.2 Å². The second kappa shape index (κ2) is 14.2. The molecule has 0 bridgehead atoms. The Morgan fingerprint density at radius 1 is 1.32 bits per heavy atom. The van der Waals surface area contributed by atoms with Crippen molar-refractivity contribution < 1.29 is 4.79 Å². The predicted octanol–water partition coefficient (Wildman–Crippen LogP) is 2.81. The van der Waals surface area contributed by atoms with E-state index in [0.29, 0.717) is 30.1 Å². The molecule has 0 unspecified atom stereocenters. The van der Waals surface area contributed by atoms with E-state index in [1.54, 1.807) is 12.1 Å². The molecule has 0 aromatic heterocycles. The van der Waals surface area contributed by atoms with Crippen LogP contribution >= 0.6 is 11.6 Å². The van der Waals surface area contributed by atoms with Crippen molar-refractivity contribution in [2.24, 2.45) is 16.8 Å². The number of carbonyl (C=O) groups excluding carboxylic acids is 1. The summed E-state index contributed by atoms with van der Waals surface area (Å²) in [7, 11) is 0. The third kappa shape index (κ3) is 9.02. The fraction of sp³-hybridized carbons (Fsp3) is 0.400. The quantitative estimate of drug-likeness (QED) is 0.174. The summed E-state index contributed by atoms with van der Waals surface area (Å²) in [5.74, 6) is 10.9. The van der Waals surface area contributed by atoms with Crippen LogP contribution in [0.25, 0.3) is 0 Å². The van der Waals surface area contributed by atoms with Gasteiger partial charge in [0.25, 0.3) is 0 Å². The number of carbonyl (C=O) groups is 1. The minimum Gasteiger partial charge on any atom is -0.341 e. The smallest absolute Gasteiger partial charge is 0.227 e. The monoisotopic (exact) mass is 483 g/mol. The first-order valence-corrected chi connectivity index (χ1v) is 11.7. The van der Waals surface area contributed by atoms with Gasteiger partial charge in [0.1, 0.15) is 12.4 Å². The number of nitriles is 1. The topological polar surface area (TPSA) is 115 Å². The minimum absolute atomic E-state index is 0.105. The molecule has 0 radical (unpaired) electrons. The summed E-state index contributed by atoms with van der Waals surface area (Å²) < 4.78 is 0. The molecule has 1 saturated heterocycles. The Balaban J connectivity index is 1.86. The van der Waals surface area contributed by atoms with E-state index in [-0.39, 0.29) is 5.91 Å². The first-order valence-electron chi connectivity index (χ1n) is 11.3. The van der Waals surface area contributed by atoms with Crippen LogP contribution in [0, 0.1) is 11.3 Å². The Hall–Kier alpha value is -3.12. The highest BCUT2D eigenvalue weighted by molar-refractivity contribution is 6.31. The minimum atomic E-state index is 0.105. The van der Waals surface area contributed by atoms with E-state index in [1.807, 2.05) is 36.1 Å². The van der Waals surface area contributed by atoms with E-state index in [1.165, 1.54) is 11.3 Å². The van der Waals surface area contributed by atoms with E-state index < -0.39 is 0 Å². The lowest BCUT2D eigenvalue weighted by Crippen LogP contribution is -2.35. The van der Waals surface area contributed by atoms with Crippen LogP contribution in [0.5, 0.6) is 0 Å². The van der Waals surface area contributed by atoms with Crippen molar-refractivity contribution in [3.05, 3.63) is 70.3 Å². The van der Waals surface area contributed by atoms with E-state index in [9.17, 15) is 4.79 Å². The maximum absolute atomic E-state index is 12.9. The Bertz CT molecular complexity index is 980. The van der Waals surface area contributed by atoms with E-state index in [2.05, 4.69) is 22.6 Å². The predicted molar refractivity (Wildman–Crippen MR) is 138 cm³/mol. The molecule has 1 aliphatic rings. The second-order valence-electron chi connectivity index (χ2n) is 8.32. The summed E-state index contributed by atoms with van der Waals surface area (Å²) in [5, 5.41) is 14.3. The molecule has 0 aliphatic carbocycles. The zero-order valence-corrected chi connectivity index (χ0v) is 20.5. The lowest BCUT2D eigenvalue weighted by atomic mass is 10.1. The molecule has 0 saturated carbocycles.